The number of carboxylic acids is 1. The average Bonchev–Trinajstić information content (AvgIpc) is 2.81. The summed E-state index contributed by atoms with van der Waals surface area (Å²) < 4.78 is 1.89. The molecule has 2 rings (SSSR count). The third-order valence-electron chi connectivity index (χ3n) is 2.18. The second-order valence-corrected chi connectivity index (χ2v) is 4.47. The molecule has 0 fully saturated rings. The lowest BCUT2D eigenvalue weighted by Crippen LogP contribution is -2.20. The van der Waals surface area contributed by atoms with Crippen molar-refractivity contribution in [1.29, 1.82) is 0 Å². The van der Waals surface area contributed by atoms with E-state index in [-0.39, 0.29) is 17.8 Å². The Morgan fingerprint density at radius 2 is 2.21 bits per heavy atom. The molecule has 1 heterocycles. The molecule has 1 aromatic heterocycles. The minimum absolute atomic E-state index is 0.00765. The molecular formula is C10H8BrN5O3. The van der Waals surface area contributed by atoms with Gasteiger partial charge in [-0.3, -0.25) is 4.79 Å². The van der Waals surface area contributed by atoms with E-state index in [1.54, 1.807) is 6.07 Å². The maximum atomic E-state index is 11.7. The smallest absolute Gasteiger partial charge is 0.337 e. The summed E-state index contributed by atoms with van der Waals surface area (Å²) in [5.41, 5.74) is 0.216. The van der Waals surface area contributed by atoms with E-state index < -0.39 is 11.9 Å². The van der Waals surface area contributed by atoms with Crippen LogP contribution in [0.3, 0.4) is 0 Å². The van der Waals surface area contributed by atoms with Gasteiger partial charge in [-0.15, -0.1) is 5.10 Å². The van der Waals surface area contributed by atoms with Gasteiger partial charge in [0.05, 0.1) is 11.3 Å². The number of benzene rings is 1. The molecule has 1 aromatic carbocycles. The molecule has 0 saturated carbocycles. The van der Waals surface area contributed by atoms with Gasteiger partial charge in [0.1, 0.15) is 12.9 Å². The van der Waals surface area contributed by atoms with E-state index in [1.165, 1.54) is 23.1 Å². The second kappa shape index (κ2) is 5.57. The van der Waals surface area contributed by atoms with E-state index >= 15 is 0 Å². The normalized spacial score (nSPS) is 10.2. The zero-order chi connectivity index (χ0) is 13.8. The molecule has 0 radical (unpaired) electrons. The van der Waals surface area contributed by atoms with Gasteiger partial charge in [-0.2, -0.15) is 0 Å². The Hall–Kier alpha value is -2.29. The lowest BCUT2D eigenvalue weighted by Gasteiger charge is -2.08. The fourth-order valence-corrected chi connectivity index (χ4v) is 1.76. The van der Waals surface area contributed by atoms with Crippen LogP contribution in [-0.2, 0) is 11.3 Å². The number of carboxylic acid groups (broad SMARTS) is 1. The maximum absolute atomic E-state index is 11.7. The molecule has 9 heteroatoms. The third kappa shape index (κ3) is 3.35. The first-order chi connectivity index (χ1) is 9.06. The van der Waals surface area contributed by atoms with Crippen LogP contribution in [0.2, 0.25) is 0 Å². The number of nitrogens with zero attached hydrogens (tertiary/aromatic N) is 4. The number of hydrogen-bond acceptors (Lipinski definition) is 5. The van der Waals surface area contributed by atoms with Crippen LogP contribution < -0.4 is 5.32 Å². The van der Waals surface area contributed by atoms with Gasteiger partial charge in [0.15, 0.2) is 0 Å². The van der Waals surface area contributed by atoms with Crippen LogP contribution in [-0.4, -0.2) is 37.2 Å². The lowest BCUT2D eigenvalue weighted by atomic mass is 10.2. The predicted octanol–water partition coefficient (Wildman–Crippen LogP) is 0.772. The minimum Gasteiger partial charge on any atom is -0.478 e. The van der Waals surface area contributed by atoms with Crippen molar-refractivity contribution in [1.82, 2.24) is 20.2 Å². The topological polar surface area (TPSA) is 110 Å². The highest BCUT2D eigenvalue weighted by Crippen LogP contribution is 2.21. The first kappa shape index (κ1) is 13.1. The molecule has 0 atom stereocenters. The Morgan fingerprint density at radius 1 is 1.42 bits per heavy atom. The van der Waals surface area contributed by atoms with Crippen molar-refractivity contribution in [2.75, 3.05) is 5.32 Å². The highest BCUT2D eigenvalue weighted by atomic mass is 79.9. The number of anilines is 1. The van der Waals surface area contributed by atoms with Gasteiger partial charge in [-0.1, -0.05) is 15.9 Å². The predicted molar refractivity (Wildman–Crippen MR) is 67.5 cm³/mol. The van der Waals surface area contributed by atoms with Crippen LogP contribution in [0, 0.1) is 0 Å². The summed E-state index contributed by atoms with van der Waals surface area (Å²) in [6.07, 6.45) is 1.29. The second-order valence-electron chi connectivity index (χ2n) is 3.55. The molecule has 0 aliphatic carbocycles. The van der Waals surface area contributed by atoms with E-state index in [0.29, 0.717) is 4.47 Å². The molecule has 1 amide bonds. The summed E-state index contributed by atoms with van der Waals surface area (Å²) in [7, 11) is 0. The van der Waals surface area contributed by atoms with Gasteiger partial charge in [0.2, 0.25) is 5.91 Å². The van der Waals surface area contributed by atoms with Crippen LogP contribution in [0.4, 0.5) is 5.69 Å². The molecular weight excluding hydrogens is 318 g/mol. The van der Waals surface area contributed by atoms with Gasteiger partial charge >= 0.3 is 5.97 Å². The van der Waals surface area contributed by atoms with Gasteiger partial charge in [-0.25, -0.2) is 9.48 Å². The Balaban J connectivity index is 2.16. The summed E-state index contributed by atoms with van der Waals surface area (Å²) >= 11 is 3.21. The minimum atomic E-state index is -1.12. The molecule has 0 spiro atoms. The van der Waals surface area contributed by atoms with E-state index in [0.717, 1.165) is 0 Å². The largest absolute Gasteiger partial charge is 0.478 e. The van der Waals surface area contributed by atoms with E-state index in [2.05, 4.69) is 36.8 Å². The van der Waals surface area contributed by atoms with Gasteiger partial charge in [0, 0.05) is 4.47 Å². The van der Waals surface area contributed by atoms with Crippen LogP contribution in [0.1, 0.15) is 10.4 Å². The zero-order valence-corrected chi connectivity index (χ0v) is 11.0. The van der Waals surface area contributed by atoms with Crippen LogP contribution in [0.25, 0.3) is 0 Å². The molecule has 0 aliphatic rings. The SMILES string of the molecule is O=C(Cn1cnnn1)Nc1cc(Br)ccc1C(=O)O. The number of hydrogen-bond donors (Lipinski definition) is 2. The quantitative estimate of drug-likeness (QED) is 0.859. The Labute approximate surface area is 115 Å². The highest BCUT2D eigenvalue weighted by molar-refractivity contribution is 9.10. The number of halogens is 1. The van der Waals surface area contributed by atoms with Crippen LogP contribution >= 0.6 is 15.9 Å². The Morgan fingerprint density at radius 3 is 2.84 bits per heavy atom. The molecule has 8 nitrogen and oxygen atoms in total. The third-order valence-corrected chi connectivity index (χ3v) is 2.68. The number of carbonyl (C=O) groups excluding carboxylic acids is 1. The first-order valence-corrected chi connectivity index (χ1v) is 5.89. The van der Waals surface area contributed by atoms with Crippen LogP contribution in [0.5, 0.6) is 0 Å². The Kier molecular flexibility index (Phi) is 3.85. The average molecular weight is 326 g/mol. The summed E-state index contributed by atoms with van der Waals surface area (Å²) in [5, 5.41) is 21.9. The van der Waals surface area contributed by atoms with E-state index in [4.69, 9.17) is 5.11 Å². The zero-order valence-electron chi connectivity index (χ0n) is 9.45. The molecule has 0 aliphatic heterocycles. The fraction of sp³-hybridized carbons (Fsp3) is 0.100. The molecule has 19 heavy (non-hydrogen) atoms. The molecule has 0 bridgehead atoms. The van der Waals surface area contributed by atoms with Crippen molar-refractivity contribution in [2.45, 2.75) is 6.54 Å². The number of aromatic carboxylic acids is 1. The standard InChI is InChI=1S/C10H8BrN5O3/c11-6-1-2-7(10(18)19)8(3-6)13-9(17)4-16-5-12-14-15-16/h1-3,5H,4H2,(H,13,17)(H,18,19). The van der Waals surface area contributed by atoms with Crippen molar-refractivity contribution in [3.05, 3.63) is 34.6 Å². The maximum Gasteiger partial charge on any atom is 0.337 e. The van der Waals surface area contributed by atoms with Gasteiger partial charge < -0.3 is 10.4 Å². The van der Waals surface area contributed by atoms with Crippen molar-refractivity contribution >= 4 is 33.5 Å². The number of rotatable bonds is 4. The number of carbonyl (C=O) groups is 2. The van der Waals surface area contributed by atoms with Gasteiger partial charge in [0.25, 0.3) is 0 Å². The fourth-order valence-electron chi connectivity index (χ4n) is 1.40. The summed E-state index contributed by atoms with van der Waals surface area (Å²) in [6, 6.07) is 4.50. The molecule has 2 N–H and O–H groups in total. The van der Waals surface area contributed by atoms with Crippen molar-refractivity contribution in [3.8, 4) is 0 Å². The highest BCUT2D eigenvalue weighted by Gasteiger charge is 2.13. The van der Waals surface area contributed by atoms with Crippen LogP contribution in [0.15, 0.2) is 29.0 Å². The number of aromatic nitrogens is 4. The van der Waals surface area contributed by atoms with Crippen molar-refractivity contribution in [3.63, 3.8) is 0 Å². The van der Waals surface area contributed by atoms with Crippen molar-refractivity contribution < 1.29 is 14.7 Å². The van der Waals surface area contributed by atoms with E-state index in [1.807, 2.05) is 0 Å². The molecule has 2 aromatic rings. The molecule has 98 valence electrons. The molecule has 0 saturated heterocycles. The number of tetrazole rings is 1. The number of nitrogens with one attached hydrogen (secondary N) is 1. The monoisotopic (exact) mass is 325 g/mol. The summed E-state index contributed by atoms with van der Waals surface area (Å²) in [6.45, 7) is -0.0986. The summed E-state index contributed by atoms with van der Waals surface area (Å²) in [4.78, 5) is 22.8. The van der Waals surface area contributed by atoms with Gasteiger partial charge in [-0.05, 0) is 28.6 Å². The molecule has 0 unspecified atom stereocenters. The van der Waals surface area contributed by atoms with E-state index in [9.17, 15) is 9.59 Å². The lowest BCUT2D eigenvalue weighted by molar-refractivity contribution is -0.116. The van der Waals surface area contributed by atoms with Crippen molar-refractivity contribution in [2.24, 2.45) is 0 Å². The Bertz CT molecular complexity index is 614. The number of amides is 1. The summed E-state index contributed by atoms with van der Waals surface area (Å²) in [5.74, 6) is -1.54. The first-order valence-electron chi connectivity index (χ1n) is 5.10.